The SMILES string of the molecule is Cc1ccc(C(=O)Nc2ccc(C#N)cc2)cc1N(c1ccncc1)c1nccs1. The van der Waals surface area contributed by atoms with Crippen molar-refractivity contribution < 1.29 is 4.79 Å². The lowest BCUT2D eigenvalue weighted by atomic mass is 10.1. The highest BCUT2D eigenvalue weighted by atomic mass is 32.1. The van der Waals surface area contributed by atoms with Gasteiger partial charge in [-0.1, -0.05) is 6.07 Å². The van der Waals surface area contributed by atoms with E-state index in [1.54, 1.807) is 48.9 Å². The highest BCUT2D eigenvalue weighted by molar-refractivity contribution is 7.13. The molecule has 2 aromatic heterocycles. The summed E-state index contributed by atoms with van der Waals surface area (Å²) in [6.07, 6.45) is 5.21. The van der Waals surface area contributed by atoms with Gasteiger partial charge in [-0.25, -0.2) is 4.98 Å². The first-order chi connectivity index (χ1) is 14.7. The Morgan fingerprint density at radius 1 is 1.07 bits per heavy atom. The van der Waals surface area contributed by atoms with Crippen LogP contribution >= 0.6 is 11.3 Å². The molecule has 0 unspecified atom stereocenters. The van der Waals surface area contributed by atoms with Crippen LogP contribution in [-0.2, 0) is 0 Å². The summed E-state index contributed by atoms with van der Waals surface area (Å²) in [5.41, 5.74) is 4.48. The van der Waals surface area contributed by atoms with E-state index in [-0.39, 0.29) is 5.91 Å². The average molecular weight is 411 g/mol. The molecule has 0 bridgehead atoms. The highest BCUT2D eigenvalue weighted by Crippen LogP contribution is 2.37. The Morgan fingerprint density at radius 2 is 1.83 bits per heavy atom. The lowest BCUT2D eigenvalue weighted by Gasteiger charge is -2.24. The van der Waals surface area contributed by atoms with Gasteiger partial charge in [-0.3, -0.25) is 14.7 Å². The molecule has 1 N–H and O–H groups in total. The largest absolute Gasteiger partial charge is 0.322 e. The second-order valence-corrected chi connectivity index (χ2v) is 7.37. The third-order valence-electron chi connectivity index (χ3n) is 4.52. The number of anilines is 4. The fourth-order valence-corrected chi connectivity index (χ4v) is 3.67. The molecular weight excluding hydrogens is 394 g/mol. The number of aryl methyl sites for hydroxylation is 1. The summed E-state index contributed by atoms with van der Waals surface area (Å²) < 4.78 is 0. The van der Waals surface area contributed by atoms with Crippen molar-refractivity contribution in [3.63, 3.8) is 0 Å². The molecule has 0 radical (unpaired) electrons. The van der Waals surface area contributed by atoms with Crippen molar-refractivity contribution in [1.82, 2.24) is 9.97 Å². The lowest BCUT2D eigenvalue weighted by molar-refractivity contribution is 0.102. The average Bonchev–Trinajstić information content (AvgIpc) is 3.31. The number of thiazole rings is 1. The minimum absolute atomic E-state index is 0.227. The predicted molar refractivity (Wildman–Crippen MR) is 118 cm³/mol. The maximum atomic E-state index is 12.9. The molecule has 6 nitrogen and oxygen atoms in total. The second kappa shape index (κ2) is 8.55. The molecule has 0 atom stereocenters. The number of hydrogen-bond donors (Lipinski definition) is 1. The quantitative estimate of drug-likeness (QED) is 0.473. The fraction of sp³-hybridized carbons (Fsp3) is 0.0435. The van der Waals surface area contributed by atoms with E-state index in [4.69, 9.17) is 5.26 Å². The van der Waals surface area contributed by atoms with Crippen molar-refractivity contribution in [2.45, 2.75) is 6.92 Å². The fourth-order valence-electron chi connectivity index (χ4n) is 2.99. The van der Waals surface area contributed by atoms with Gasteiger partial charge in [0.1, 0.15) is 0 Å². The van der Waals surface area contributed by atoms with E-state index in [1.807, 2.05) is 41.5 Å². The van der Waals surface area contributed by atoms with Crippen molar-refractivity contribution in [2.24, 2.45) is 0 Å². The molecule has 0 aliphatic carbocycles. The summed E-state index contributed by atoms with van der Waals surface area (Å²) in [5.74, 6) is -0.227. The zero-order chi connectivity index (χ0) is 20.9. The highest BCUT2D eigenvalue weighted by Gasteiger charge is 2.18. The van der Waals surface area contributed by atoms with Crippen LogP contribution in [0.3, 0.4) is 0 Å². The molecule has 1 amide bonds. The van der Waals surface area contributed by atoms with Crippen LogP contribution in [0.4, 0.5) is 22.2 Å². The van der Waals surface area contributed by atoms with E-state index in [0.717, 1.165) is 22.1 Å². The summed E-state index contributed by atoms with van der Waals surface area (Å²) in [5, 5.41) is 14.5. The zero-order valence-corrected chi connectivity index (χ0v) is 16.9. The van der Waals surface area contributed by atoms with E-state index in [2.05, 4.69) is 21.4 Å². The van der Waals surface area contributed by atoms with Gasteiger partial charge in [0.15, 0.2) is 5.13 Å². The number of hydrogen-bond acceptors (Lipinski definition) is 6. The minimum Gasteiger partial charge on any atom is -0.322 e. The van der Waals surface area contributed by atoms with E-state index >= 15 is 0 Å². The van der Waals surface area contributed by atoms with Gasteiger partial charge in [0, 0.05) is 35.2 Å². The van der Waals surface area contributed by atoms with Gasteiger partial charge in [0.05, 0.1) is 23.0 Å². The molecule has 0 aliphatic heterocycles. The molecular formula is C23H17N5OS. The number of amides is 1. The third-order valence-corrected chi connectivity index (χ3v) is 5.27. The van der Waals surface area contributed by atoms with Crippen LogP contribution in [0, 0.1) is 18.3 Å². The minimum atomic E-state index is -0.227. The van der Waals surface area contributed by atoms with Gasteiger partial charge in [-0.2, -0.15) is 5.26 Å². The topological polar surface area (TPSA) is 81.9 Å². The molecule has 4 rings (SSSR count). The van der Waals surface area contributed by atoms with Crippen LogP contribution < -0.4 is 10.2 Å². The molecule has 0 aliphatic rings. The number of nitrogens with one attached hydrogen (secondary N) is 1. The van der Waals surface area contributed by atoms with Crippen LogP contribution in [0.2, 0.25) is 0 Å². The first-order valence-electron chi connectivity index (χ1n) is 9.17. The summed E-state index contributed by atoms with van der Waals surface area (Å²) in [6.45, 7) is 2.00. The van der Waals surface area contributed by atoms with Gasteiger partial charge in [0.2, 0.25) is 0 Å². The number of nitriles is 1. The van der Waals surface area contributed by atoms with Gasteiger partial charge in [0.25, 0.3) is 5.91 Å². The van der Waals surface area contributed by atoms with Crippen molar-refractivity contribution in [3.05, 3.63) is 95.3 Å². The standard InChI is InChI=1S/C23H17N5OS/c1-16-2-5-18(22(29)27-19-6-3-17(15-24)4-7-19)14-21(16)28(23-26-12-13-30-23)20-8-10-25-11-9-20/h2-14H,1H3,(H,27,29). The summed E-state index contributed by atoms with van der Waals surface area (Å²) >= 11 is 1.52. The summed E-state index contributed by atoms with van der Waals surface area (Å²) in [7, 11) is 0. The summed E-state index contributed by atoms with van der Waals surface area (Å²) in [6, 6.07) is 18.2. The van der Waals surface area contributed by atoms with Crippen LogP contribution in [0.15, 0.2) is 78.6 Å². The summed E-state index contributed by atoms with van der Waals surface area (Å²) in [4.78, 5) is 23.4. The molecule has 2 heterocycles. The van der Waals surface area contributed by atoms with E-state index in [9.17, 15) is 4.79 Å². The number of benzene rings is 2. The van der Waals surface area contributed by atoms with E-state index in [1.165, 1.54) is 11.3 Å². The second-order valence-electron chi connectivity index (χ2n) is 6.50. The van der Waals surface area contributed by atoms with Crippen molar-refractivity contribution >= 4 is 39.4 Å². The number of aromatic nitrogens is 2. The van der Waals surface area contributed by atoms with Crippen LogP contribution in [0.1, 0.15) is 21.5 Å². The Balaban J connectivity index is 1.69. The number of carbonyl (C=O) groups is 1. The van der Waals surface area contributed by atoms with Gasteiger partial charge in [-0.15, -0.1) is 11.3 Å². The van der Waals surface area contributed by atoms with E-state index < -0.39 is 0 Å². The Labute approximate surface area is 178 Å². The van der Waals surface area contributed by atoms with Gasteiger partial charge >= 0.3 is 0 Å². The number of rotatable bonds is 5. The van der Waals surface area contributed by atoms with Crippen molar-refractivity contribution in [2.75, 3.05) is 10.2 Å². The number of carbonyl (C=O) groups excluding carboxylic acids is 1. The Morgan fingerprint density at radius 3 is 2.50 bits per heavy atom. The maximum Gasteiger partial charge on any atom is 0.255 e. The predicted octanol–water partition coefficient (Wildman–Crippen LogP) is 5.44. The first kappa shape index (κ1) is 19.3. The van der Waals surface area contributed by atoms with Gasteiger partial charge < -0.3 is 5.32 Å². The molecule has 30 heavy (non-hydrogen) atoms. The van der Waals surface area contributed by atoms with Crippen LogP contribution in [0.25, 0.3) is 0 Å². The smallest absolute Gasteiger partial charge is 0.255 e. The normalized spacial score (nSPS) is 10.3. The molecule has 146 valence electrons. The Bertz CT molecular complexity index is 1200. The third kappa shape index (κ3) is 4.04. The lowest BCUT2D eigenvalue weighted by Crippen LogP contribution is -2.15. The van der Waals surface area contributed by atoms with Crippen LogP contribution in [0.5, 0.6) is 0 Å². The van der Waals surface area contributed by atoms with Gasteiger partial charge in [-0.05, 0) is 61.0 Å². The molecule has 2 aromatic carbocycles. The molecule has 0 fully saturated rings. The molecule has 7 heteroatoms. The van der Waals surface area contributed by atoms with Crippen LogP contribution in [-0.4, -0.2) is 15.9 Å². The van der Waals surface area contributed by atoms with Crippen molar-refractivity contribution in [3.8, 4) is 6.07 Å². The Kier molecular flexibility index (Phi) is 5.50. The molecule has 0 saturated heterocycles. The monoisotopic (exact) mass is 411 g/mol. The maximum absolute atomic E-state index is 12.9. The first-order valence-corrected chi connectivity index (χ1v) is 10.1. The Hall–Kier alpha value is -4.02. The zero-order valence-electron chi connectivity index (χ0n) is 16.1. The molecule has 0 saturated carbocycles. The van der Waals surface area contributed by atoms with Crippen molar-refractivity contribution in [1.29, 1.82) is 5.26 Å². The number of pyridine rings is 1. The molecule has 0 spiro atoms. The van der Waals surface area contributed by atoms with E-state index in [0.29, 0.717) is 16.8 Å². The molecule has 4 aromatic rings. The number of nitrogens with zero attached hydrogens (tertiary/aromatic N) is 4.